The van der Waals surface area contributed by atoms with Crippen LogP contribution in [0.5, 0.6) is 0 Å². The first-order valence-electron chi connectivity index (χ1n) is 4.44. The number of ether oxygens (including phenoxy) is 1. The largest absolute Gasteiger partial charge is 0.469 e. The Bertz CT molecular complexity index is 483. The summed E-state index contributed by atoms with van der Waals surface area (Å²) in [6.07, 6.45) is -3.51. The van der Waals surface area contributed by atoms with E-state index in [0.29, 0.717) is 6.07 Å². The molecule has 0 unspecified atom stereocenters. The fourth-order valence-corrected chi connectivity index (χ4v) is 1.13. The lowest BCUT2D eigenvalue weighted by molar-refractivity contribution is -0.139. The van der Waals surface area contributed by atoms with Gasteiger partial charge in [0.05, 0.1) is 24.8 Å². The molecule has 0 saturated carbocycles. The van der Waals surface area contributed by atoms with Gasteiger partial charge >= 0.3 is 5.97 Å². The highest BCUT2D eigenvalue weighted by molar-refractivity contribution is 5.71. The third kappa shape index (κ3) is 2.93. The second kappa shape index (κ2) is 5.30. The van der Waals surface area contributed by atoms with Crippen molar-refractivity contribution in [2.24, 2.45) is 0 Å². The van der Waals surface area contributed by atoms with Crippen LogP contribution in [0.2, 0.25) is 0 Å². The Morgan fingerprint density at radius 2 is 2.29 bits per heavy atom. The molecule has 1 heterocycles. The maximum absolute atomic E-state index is 13.3. The minimum absolute atomic E-state index is 0.391. The molecule has 0 fully saturated rings. The van der Waals surface area contributed by atoms with Crippen LogP contribution in [0.25, 0.3) is 0 Å². The Labute approximate surface area is 94.6 Å². The molecule has 0 amide bonds. The number of pyridine rings is 1. The van der Waals surface area contributed by atoms with Gasteiger partial charge in [-0.2, -0.15) is 5.26 Å². The number of esters is 1. The number of hydrogen-bond donors (Lipinski definition) is 0. The zero-order valence-electron chi connectivity index (χ0n) is 8.71. The van der Waals surface area contributed by atoms with Gasteiger partial charge in [0.25, 0.3) is 6.43 Å². The van der Waals surface area contributed by atoms with Crippen molar-refractivity contribution in [1.29, 1.82) is 5.26 Å². The molecule has 0 radical (unpaired) electrons. The lowest BCUT2D eigenvalue weighted by atomic mass is 10.1. The van der Waals surface area contributed by atoms with E-state index in [9.17, 15) is 18.0 Å². The van der Waals surface area contributed by atoms with Crippen LogP contribution < -0.4 is 0 Å². The van der Waals surface area contributed by atoms with E-state index < -0.39 is 41.6 Å². The quantitative estimate of drug-likeness (QED) is 0.760. The molecule has 0 atom stereocenters. The van der Waals surface area contributed by atoms with Gasteiger partial charge in [-0.25, -0.2) is 18.2 Å². The van der Waals surface area contributed by atoms with E-state index in [1.807, 2.05) is 0 Å². The predicted octanol–water partition coefficient (Wildman–Crippen LogP) is 1.75. The standard InChI is InChI=1S/C10H7F3N2O2/c1-17-9(16)3-7-6(11)2-5(10(12)13)8(4-14)15-7/h2,10H,3H2,1H3. The van der Waals surface area contributed by atoms with Gasteiger partial charge in [-0.05, 0) is 6.07 Å². The van der Waals surface area contributed by atoms with Crippen molar-refractivity contribution in [2.45, 2.75) is 12.8 Å². The molecule has 0 aliphatic carbocycles. The summed E-state index contributed by atoms with van der Waals surface area (Å²) in [5, 5.41) is 8.59. The number of nitrogens with zero attached hydrogens (tertiary/aromatic N) is 2. The highest BCUT2D eigenvalue weighted by Crippen LogP contribution is 2.23. The van der Waals surface area contributed by atoms with E-state index in [4.69, 9.17) is 5.26 Å². The normalized spacial score (nSPS) is 10.1. The van der Waals surface area contributed by atoms with Crippen LogP contribution in [0.4, 0.5) is 13.2 Å². The number of hydrogen-bond acceptors (Lipinski definition) is 4. The predicted molar refractivity (Wildman–Crippen MR) is 49.6 cm³/mol. The first-order chi connectivity index (χ1) is 7.99. The molecular weight excluding hydrogens is 237 g/mol. The van der Waals surface area contributed by atoms with Crippen LogP contribution in [0.3, 0.4) is 0 Å². The van der Waals surface area contributed by atoms with Crippen LogP contribution in [0, 0.1) is 17.1 Å². The number of rotatable bonds is 3. The molecule has 90 valence electrons. The summed E-state index contributed by atoms with van der Waals surface area (Å²) in [5.74, 6) is -1.84. The molecule has 1 aromatic heterocycles. The highest BCUT2D eigenvalue weighted by Gasteiger charge is 2.19. The molecule has 0 spiro atoms. The lowest BCUT2D eigenvalue weighted by Gasteiger charge is -2.06. The van der Waals surface area contributed by atoms with E-state index >= 15 is 0 Å². The molecule has 7 heteroatoms. The Morgan fingerprint density at radius 3 is 2.76 bits per heavy atom. The fraction of sp³-hybridized carbons (Fsp3) is 0.300. The van der Waals surface area contributed by atoms with Gasteiger partial charge in [0.15, 0.2) is 0 Å². The number of carbonyl (C=O) groups is 1. The molecule has 0 bridgehead atoms. The molecule has 1 rings (SSSR count). The Morgan fingerprint density at radius 1 is 1.65 bits per heavy atom. The molecule has 0 saturated heterocycles. The van der Waals surface area contributed by atoms with Crippen LogP contribution in [0.1, 0.15) is 23.4 Å². The monoisotopic (exact) mass is 244 g/mol. The van der Waals surface area contributed by atoms with Gasteiger partial charge in [-0.1, -0.05) is 0 Å². The molecule has 0 aliphatic rings. The lowest BCUT2D eigenvalue weighted by Crippen LogP contribution is -2.10. The number of methoxy groups -OCH3 is 1. The third-order valence-corrected chi connectivity index (χ3v) is 1.96. The number of carbonyl (C=O) groups excluding carboxylic acids is 1. The molecule has 1 aromatic rings. The van der Waals surface area contributed by atoms with Crippen LogP contribution in [0.15, 0.2) is 6.07 Å². The summed E-state index contributed by atoms with van der Waals surface area (Å²) in [4.78, 5) is 14.3. The first-order valence-corrected chi connectivity index (χ1v) is 4.44. The van der Waals surface area contributed by atoms with Crippen molar-refractivity contribution in [1.82, 2.24) is 4.98 Å². The summed E-state index contributed by atoms with van der Waals surface area (Å²) in [6, 6.07) is 1.93. The van der Waals surface area contributed by atoms with Crippen molar-refractivity contribution in [3.8, 4) is 6.07 Å². The molecule has 0 N–H and O–H groups in total. The van der Waals surface area contributed by atoms with Gasteiger partial charge in [0, 0.05) is 0 Å². The van der Waals surface area contributed by atoms with Crippen molar-refractivity contribution < 1.29 is 22.7 Å². The van der Waals surface area contributed by atoms with Gasteiger partial charge in [0.1, 0.15) is 17.6 Å². The molecule has 0 aromatic carbocycles. The van der Waals surface area contributed by atoms with Crippen molar-refractivity contribution >= 4 is 5.97 Å². The maximum atomic E-state index is 13.3. The summed E-state index contributed by atoms with van der Waals surface area (Å²) in [6.45, 7) is 0. The fourth-order valence-electron chi connectivity index (χ4n) is 1.13. The van der Waals surface area contributed by atoms with Crippen molar-refractivity contribution in [3.63, 3.8) is 0 Å². The first kappa shape index (κ1) is 13.0. The topological polar surface area (TPSA) is 63.0 Å². The Balaban J connectivity index is 3.19. The van der Waals surface area contributed by atoms with E-state index in [-0.39, 0.29) is 0 Å². The number of alkyl halides is 2. The van der Waals surface area contributed by atoms with Gasteiger partial charge in [0.2, 0.25) is 0 Å². The number of halogens is 3. The summed E-state index contributed by atoms with van der Waals surface area (Å²) >= 11 is 0. The second-order valence-corrected chi connectivity index (χ2v) is 3.02. The number of aromatic nitrogens is 1. The summed E-state index contributed by atoms with van der Waals surface area (Å²) in [5.41, 5.74) is -1.78. The second-order valence-electron chi connectivity index (χ2n) is 3.02. The van der Waals surface area contributed by atoms with Gasteiger partial charge < -0.3 is 4.74 Å². The van der Waals surface area contributed by atoms with E-state index in [0.717, 1.165) is 7.11 Å². The molecule has 4 nitrogen and oxygen atoms in total. The minimum atomic E-state index is -3.00. The summed E-state index contributed by atoms with van der Waals surface area (Å²) in [7, 11) is 1.10. The molecular formula is C10H7F3N2O2. The van der Waals surface area contributed by atoms with Crippen molar-refractivity contribution in [2.75, 3.05) is 7.11 Å². The zero-order valence-corrected chi connectivity index (χ0v) is 8.71. The molecule has 0 aliphatic heterocycles. The SMILES string of the molecule is COC(=O)Cc1nc(C#N)c(C(F)F)cc1F. The zero-order chi connectivity index (χ0) is 13.0. The smallest absolute Gasteiger partial charge is 0.311 e. The van der Waals surface area contributed by atoms with Crippen LogP contribution >= 0.6 is 0 Å². The third-order valence-electron chi connectivity index (χ3n) is 1.96. The average molecular weight is 244 g/mol. The summed E-state index contributed by atoms with van der Waals surface area (Å²) < 4.78 is 42.4. The van der Waals surface area contributed by atoms with Crippen molar-refractivity contribution in [3.05, 3.63) is 28.8 Å². The van der Waals surface area contributed by atoms with E-state index in [1.165, 1.54) is 6.07 Å². The van der Waals surface area contributed by atoms with E-state index in [2.05, 4.69) is 9.72 Å². The van der Waals surface area contributed by atoms with Gasteiger partial charge in [-0.3, -0.25) is 4.79 Å². The Kier molecular flexibility index (Phi) is 4.04. The van der Waals surface area contributed by atoms with Crippen LogP contribution in [-0.4, -0.2) is 18.1 Å². The maximum Gasteiger partial charge on any atom is 0.311 e. The number of nitriles is 1. The highest BCUT2D eigenvalue weighted by atomic mass is 19.3. The van der Waals surface area contributed by atoms with Gasteiger partial charge in [-0.15, -0.1) is 0 Å². The van der Waals surface area contributed by atoms with E-state index in [1.54, 1.807) is 0 Å². The van der Waals surface area contributed by atoms with Crippen LogP contribution in [-0.2, 0) is 16.0 Å². The Hall–Kier alpha value is -2.10. The minimum Gasteiger partial charge on any atom is -0.469 e. The molecule has 17 heavy (non-hydrogen) atoms. The average Bonchev–Trinajstić information content (AvgIpc) is 2.30.